The number of nitro benzene ring substituents is 1. The SMILES string of the molecule is O=[N+]([O-])c1ccc([Te][TeH])cc1. The van der Waals surface area contributed by atoms with E-state index in [4.69, 9.17) is 0 Å². The molecule has 0 saturated carbocycles. The van der Waals surface area contributed by atoms with Gasteiger partial charge >= 0.3 is 84.1 Å². The molecule has 11 heavy (non-hydrogen) atoms. The molecule has 0 aliphatic rings. The van der Waals surface area contributed by atoms with Crippen LogP contribution in [-0.2, 0) is 0 Å². The number of benzene rings is 1. The van der Waals surface area contributed by atoms with Crippen LogP contribution >= 0.6 is 0 Å². The van der Waals surface area contributed by atoms with Gasteiger partial charge in [0.2, 0.25) is 0 Å². The molecule has 0 heterocycles. The van der Waals surface area contributed by atoms with Crippen molar-refractivity contribution in [2.24, 2.45) is 0 Å². The van der Waals surface area contributed by atoms with E-state index in [-0.39, 0.29) is 27.7 Å². The monoisotopic (exact) mass is 383 g/mol. The molecular formula is C6H5NO2Te2. The summed E-state index contributed by atoms with van der Waals surface area (Å²) in [6.45, 7) is 0. The van der Waals surface area contributed by atoms with Gasteiger partial charge in [0, 0.05) is 0 Å². The Kier molecular flexibility index (Phi) is 3.61. The first-order valence-electron chi connectivity index (χ1n) is 2.80. The van der Waals surface area contributed by atoms with Crippen LogP contribution in [0.2, 0.25) is 0 Å². The Bertz CT molecular complexity index is 260. The molecule has 0 atom stereocenters. The van der Waals surface area contributed by atoms with Gasteiger partial charge < -0.3 is 0 Å². The molecule has 1 rings (SSSR count). The Labute approximate surface area is 83.5 Å². The molecule has 3 nitrogen and oxygen atoms in total. The molecule has 0 aliphatic heterocycles. The van der Waals surface area contributed by atoms with Crippen LogP contribution in [0.4, 0.5) is 5.69 Å². The molecule has 0 bridgehead atoms. The van der Waals surface area contributed by atoms with E-state index in [0.29, 0.717) is 0 Å². The molecule has 0 aliphatic carbocycles. The Morgan fingerprint density at radius 1 is 1.36 bits per heavy atom. The van der Waals surface area contributed by atoms with Gasteiger partial charge in [-0.15, -0.1) is 0 Å². The first-order valence-corrected chi connectivity index (χ1v) is 12.0. The zero-order chi connectivity index (χ0) is 8.27. The summed E-state index contributed by atoms with van der Waals surface area (Å²) in [5.41, 5.74) is 0.181. The van der Waals surface area contributed by atoms with Crippen molar-refractivity contribution in [2.75, 3.05) is 0 Å². The standard InChI is InChI=1S/C6H5NO2Te2/c8-7(9)5-1-3-6(11-10)4-2-5/h1-4,10H. The predicted molar refractivity (Wildman–Crippen MR) is 45.6 cm³/mol. The summed E-state index contributed by atoms with van der Waals surface area (Å²) in [5, 5.41) is 10.2. The van der Waals surface area contributed by atoms with Gasteiger partial charge in [0.1, 0.15) is 0 Å². The fraction of sp³-hybridized carbons (Fsp3) is 0. The number of rotatable bonds is 2. The molecule has 1 aromatic carbocycles. The summed E-state index contributed by atoms with van der Waals surface area (Å²) in [4.78, 5) is 9.85. The summed E-state index contributed by atoms with van der Waals surface area (Å²) in [7, 11) is 0. The molecule has 0 spiro atoms. The summed E-state index contributed by atoms with van der Waals surface area (Å²) < 4.78 is 1.27. The molecule has 0 unspecified atom stereocenters. The van der Waals surface area contributed by atoms with Gasteiger partial charge in [-0.25, -0.2) is 0 Å². The zero-order valence-electron chi connectivity index (χ0n) is 5.43. The predicted octanol–water partition coefficient (Wildman–Crippen LogP) is -0.260. The van der Waals surface area contributed by atoms with Gasteiger partial charge in [0.25, 0.3) is 0 Å². The van der Waals surface area contributed by atoms with E-state index < -0.39 is 0 Å². The van der Waals surface area contributed by atoms with Gasteiger partial charge in [-0.2, -0.15) is 0 Å². The van der Waals surface area contributed by atoms with E-state index >= 15 is 0 Å². The second-order valence-electron chi connectivity index (χ2n) is 1.84. The van der Waals surface area contributed by atoms with E-state index in [2.05, 4.69) is 0 Å². The third-order valence-electron chi connectivity index (χ3n) is 1.15. The third-order valence-corrected chi connectivity index (χ3v) is 6.57. The second-order valence-corrected chi connectivity index (χ2v) is 7.20. The number of nitro groups is 1. The molecule has 0 radical (unpaired) electrons. The fourth-order valence-electron chi connectivity index (χ4n) is 0.629. The van der Waals surface area contributed by atoms with Crippen molar-refractivity contribution in [1.82, 2.24) is 0 Å². The normalized spacial score (nSPS) is 9.55. The number of non-ortho nitro benzene ring substituents is 1. The summed E-state index contributed by atoms with van der Waals surface area (Å²) in [6, 6.07) is 6.83. The van der Waals surface area contributed by atoms with Crippen molar-refractivity contribution in [1.29, 1.82) is 0 Å². The molecule has 58 valence electrons. The second kappa shape index (κ2) is 4.28. The quantitative estimate of drug-likeness (QED) is 0.404. The van der Waals surface area contributed by atoms with Crippen LogP contribution < -0.4 is 3.61 Å². The Morgan fingerprint density at radius 3 is 2.27 bits per heavy atom. The van der Waals surface area contributed by atoms with E-state index in [1.807, 2.05) is 30.6 Å². The van der Waals surface area contributed by atoms with Crippen LogP contribution in [0.1, 0.15) is 0 Å². The number of nitrogens with zero attached hydrogens (tertiary/aromatic N) is 1. The first-order chi connectivity index (χ1) is 5.24. The first kappa shape index (κ1) is 9.29. The fourth-order valence-corrected chi connectivity index (χ4v) is 3.69. The maximum atomic E-state index is 10.2. The Balaban J connectivity index is 2.91. The maximum absolute atomic E-state index is 10.2. The van der Waals surface area contributed by atoms with Crippen molar-refractivity contribution in [3.05, 3.63) is 34.4 Å². The zero-order valence-corrected chi connectivity index (χ0v) is 10.3. The Hall–Kier alpha value is 0.199. The van der Waals surface area contributed by atoms with Crippen LogP contribution in [0.3, 0.4) is 0 Å². The van der Waals surface area contributed by atoms with Crippen LogP contribution in [0.5, 0.6) is 0 Å². The van der Waals surface area contributed by atoms with Crippen molar-refractivity contribution >= 4 is 44.8 Å². The van der Waals surface area contributed by atoms with Crippen LogP contribution in [0, 0.1) is 10.1 Å². The average Bonchev–Trinajstić information content (AvgIpc) is 2.05. The summed E-state index contributed by atoms with van der Waals surface area (Å²) in [5.74, 6) is 0. The minimum atomic E-state index is -0.371. The van der Waals surface area contributed by atoms with E-state index in [1.54, 1.807) is 12.1 Å². The van der Waals surface area contributed by atoms with Gasteiger partial charge in [0.15, 0.2) is 0 Å². The average molecular weight is 378 g/mol. The van der Waals surface area contributed by atoms with E-state index in [0.717, 1.165) is 0 Å². The molecule has 0 N–H and O–H groups in total. The van der Waals surface area contributed by atoms with Crippen molar-refractivity contribution < 1.29 is 4.92 Å². The van der Waals surface area contributed by atoms with E-state index in [9.17, 15) is 10.1 Å². The molecule has 5 heteroatoms. The van der Waals surface area contributed by atoms with Crippen LogP contribution in [0.15, 0.2) is 24.3 Å². The molecule has 1 aromatic rings. The summed E-state index contributed by atoms with van der Waals surface area (Å²) >= 11 is 1.76. The van der Waals surface area contributed by atoms with Gasteiger partial charge in [-0.05, 0) is 0 Å². The number of hydrogen-bond acceptors (Lipinski definition) is 2. The van der Waals surface area contributed by atoms with Crippen molar-refractivity contribution in [2.45, 2.75) is 0 Å². The summed E-state index contributed by atoms with van der Waals surface area (Å²) in [6.07, 6.45) is 0. The van der Waals surface area contributed by atoms with Gasteiger partial charge in [0.05, 0.1) is 0 Å². The molecular weight excluding hydrogens is 373 g/mol. The molecule has 0 fully saturated rings. The van der Waals surface area contributed by atoms with Crippen LogP contribution in [-0.4, -0.2) is 40.4 Å². The van der Waals surface area contributed by atoms with Crippen molar-refractivity contribution in [3.63, 3.8) is 0 Å². The molecule has 0 aromatic heterocycles. The molecule has 0 amide bonds. The van der Waals surface area contributed by atoms with E-state index in [1.165, 1.54) is 3.61 Å². The van der Waals surface area contributed by atoms with Crippen LogP contribution in [0.25, 0.3) is 0 Å². The van der Waals surface area contributed by atoms with Gasteiger partial charge in [-0.1, -0.05) is 0 Å². The molecule has 0 saturated heterocycles. The number of hydrogen-bond donors (Lipinski definition) is 0. The van der Waals surface area contributed by atoms with Crippen molar-refractivity contribution in [3.8, 4) is 0 Å². The van der Waals surface area contributed by atoms with Gasteiger partial charge in [-0.3, -0.25) is 0 Å². The topological polar surface area (TPSA) is 43.1 Å². The minimum absolute atomic E-state index is 0.0523. The third kappa shape index (κ3) is 2.61. The Morgan fingerprint density at radius 2 is 1.91 bits per heavy atom.